The summed E-state index contributed by atoms with van der Waals surface area (Å²) in [4.78, 5) is 21.5. The first-order valence-corrected chi connectivity index (χ1v) is 4.42. The van der Waals surface area contributed by atoms with E-state index in [2.05, 4.69) is 4.90 Å². The Hall–Kier alpha value is -1.14. The van der Waals surface area contributed by atoms with Gasteiger partial charge in [-0.1, -0.05) is 0 Å². The van der Waals surface area contributed by atoms with Crippen molar-refractivity contribution in [2.45, 2.75) is 12.8 Å². The number of nitrogens with two attached hydrogens (primary N) is 1. The van der Waals surface area contributed by atoms with E-state index in [1.54, 1.807) is 0 Å². The van der Waals surface area contributed by atoms with Crippen molar-refractivity contribution >= 4 is 11.9 Å². The van der Waals surface area contributed by atoms with Crippen molar-refractivity contribution in [1.82, 2.24) is 4.90 Å². The monoisotopic (exact) mass is 204 g/mol. The molecule has 0 atom stereocenters. The third-order valence-electron chi connectivity index (χ3n) is 1.54. The number of hydrogen-bond donors (Lipinski definition) is 3. The van der Waals surface area contributed by atoms with Gasteiger partial charge in [-0.05, 0) is 0 Å². The average molecular weight is 204 g/mol. The van der Waals surface area contributed by atoms with Gasteiger partial charge in [-0.15, -0.1) is 0 Å². The van der Waals surface area contributed by atoms with E-state index in [-0.39, 0.29) is 13.0 Å². The predicted molar refractivity (Wildman–Crippen MR) is 50.0 cm³/mol. The zero-order valence-electron chi connectivity index (χ0n) is 7.98. The lowest BCUT2D eigenvalue weighted by molar-refractivity contribution is -0.138. The molecule has 4 N–H and O–H groups in total. The molecule has 0 aromatic rings. The predicted octanol–water partition coefficient (Wildman–Crippen LogP) is -0.803. The van der Waals surface area contributed by atoms with Crippen molar-refractivity contribution < 1.29 is 19.8 Å². The summed E-state index contributed by atoms with van der Waals surface area (Å²) in [6.07, 6.45) is 0.361. The third-order valence-corrected chi connectivity index (χ3v) is 1.54. The lowest BCUT2D eigenvalue weighted by Crippen LogP contribution is -2.05. The van der Waals surface area contributed by atoms with E-state index >= 15 is 0 Å². The first kappa shape index (κ1) is 12.9. The second-order valence-corrected chi connectivity index (χ2v) is 2.92. The Morgan fingerprint density at radius 3 is 1.86 bits per heavy atom. The molecule has 82 valence electrons. The zero-order valence-corrected chi connectivity index (χ0v) is 7.98. The second kappa shape index (κ2) is 7.28. The second-order valence-electron chi connectivity index (χ2n) is 2.92. The van der Waals surface area contributed by atoms with Crippen LogP contribution in [-0.4, -0.2) is 53.2 Å². The van der Waals surface area contributed by atoms with Gasteiger partial charge in [0, 0.05) is 26.2 Å². The summed E-state index contributed by atoms with van der Waals surface area (Å²) in [7, 11) is 0. The average Bonchev–Trinajstić information content (AvgIpc) is 2.84. The summed E-state index contributed by atoms with van der Waals surface area (Å²) in [5.74, 6) is -1.53. The van der Waals surface area contributed by atoms with Gasteiger partial charge in [0.1, 0.15) is 0 Å². The fourth-order valence-corrected chi connectivity index (χ4v) is 0.672. The maximum atomic E-state index is 9.90. The molecule has 1 rings (SSSR count). The molecule has 1 aliphatic rings. The van der Waals surface area contributed by atoms with Gasteiger partial charge in [0.05, 0.1) is 12.8 Å². The highest BCUT2D eigenvalue weighted by Crippen LogP contribution is 2.02. The molecule has 0 spiro atoms. The summed E-state index contributed by atoms with van der Waals surface area (Å²) < 4.78 is 0. The summed E-state index contributed by atoms with van der Waals surface area (Å²) in [5, 5.41) is 16.0. The Balaban J connectivity index is 0.000000255. The molecule has 6 heteroatoms. The van der Waals surface area contributed by atoms with Gasteiger partial charge < -0.3 is 20.8 Å². The van der Waals surface area contributed by atoms with Crippen LogP contribution in [0.5, 0.6) is 0 Å². The summed E-state index contributed by atoms with van der Waals surface area (Å²) in [6.45, 7) is 3.14. The van der Waals surface area contributed by atoms with Gasteiger partial charge in [-0.25, -0.2) is 0 Å². The molecule has 1 heterocycles. The highest BCUT2D eigenvalue weighted by Gasteiger charge is 2.16. The number of carboxylic acid groups (broad SMARTS) is 2. The Morgan fingerprint density at radius 2 is 1.64 bits per heavy atom. The third kappa shape index (κ3) is 10.9. The molecule has 14 heavy (non-hydrogen) atoms. The Kier molecular flexibility index (Phi) is 6.69. The molecule has 0 saturated carbocycles. The molecule has 0 radical (unpaired) electrons. The van der Waals surface area contributed by atoms with Crippen LogP contribution in [0.3, 0.4) is 0 Å². The molecule has 0 amide bonds. The molecule has 1 fully saturated rings. The van der Waals surface area contributed by atoms with Crippen molar-refractivity contribution in [2.24, 2.45) is 5.73 Å². The van der Waals surface area contributed by atoms with Crippen LogP contribution in [0.4, 0.5) is 0 Å². The Labute approximate surface area is 82.3 Å². The van der Waals surface area contributed by atoms with Crippen molar-refractivity contribution in [1.29, 1.82) is 0 Å². The standard InChI is InChI=1S/C5H9NO2.C3H7NO2/c7-5(8)1-2-6-3-4-6;4-2-1-3(5)6/h1-4H2,(H,7,8);1-2,4H2,(H,5,6). The van der Waals surface area contributed by atoms with Crippen LogP contribution in [0.1, 0.15) is 12.8 Å². The normalized spacial score (nSPS) is 14.1. The minimum atomic E-state index is -0.836. The molecule has 1 aliphatic heterocycles. The first-order valence-electron chi connectivity index (χ1n) is 4.42. The van der Waals surface area contributed by atoms with Crippen molar-refractivity contribution in [2.75, 3.05) is 26.2 Å². The lowest BCUT2D eigenvalue weighted by Gasteiger charge is -1.92. The van der Waals surface area contributed by atoms with Crippen LogP contribution < -0.4 is 5.73 Å². The molecule has 0 bridgehead atoms. The Bertz CT molecular complexity index is 192. The largest absolute Gasteiger partial charge is 0.481 e. The SMILES string of the molecule is NCCC(=O)O.O=C(O)CCN1CC1. The maximum absolute atomic E-state index is 9.90. The van der Waals surface area contributed by atoms with Crippen LogP contribution in [0.2, 0.25) is 0 Å². The van der Waals surface area contributed by atoms with Crippen molar-refractivity contribution in [3.63, 3.8) is 0 Å². The van der Waals surface area contributed by atoms with Gasteiger partial charge in [0.2, 0.25) is 0 Å². The summed E-state index contributed by atoms with van der Waals surface area (Å²) in [6, 6.07) is 0. The quantitative estimate of drug-likeness (QED) is 0.506. The summed E-state index contributed by atoms with van der Waals surface area (Å²) in [5.41, 5.74) is 4.85. The van der Waals surface area contributed by atoms with E-state index in [0.29, 0.717) is 6.42 Å². The fourth-order valence-electron chi connectivity index (χ4n) is 0.672. The smallest absolute Gasteiger partial charge is 0.304 e. The van der Waals surface area contributed by atoms with Crippen LogP contribution in [0.25, 0.3) is 0 Å². The maximum Gasteiger partial charge on any atom is 0.304 e. The Morgan fingerprint density at radius 1 is 1.14 bits per heavy atom. The van der Waals surface area contributed by atoms with Gasteiger partial charge in [-0.2, -0.15) is 0 Å². The topological polar surface area (TPSA) is 104 Å². The number of nitrogens with zero attached hydrogens (tertiary/aromatic N) is 1. The van der Waals surface area contributed by atoms with Crippen LogP contribution in [-0.2, 0) is 9.59 Å². The molecule has 0 unspecified atom stereocenters. The molecule has 0 aromatic carbocycles. The minimum absolute atomic E-state index is 0.0694. The summed E-state index contributed by atoms with van der Waals surface area (Å²) >= 11 is 0. The van der Waals surface area contributed by atoms with E-state index in [4.69, 9.17) is 15.9 Å². The van der Waals surface area contributed by atoms with E-state index in [1.165, 1.54) is 0 Å². The van der Waals surface area contributed by atoms with E-state index in [1.807, 2.05) is 0 Å². The molecule has 1 saturated heterocycles. The lowest BCUT2D eigenvalue weighted by atomic mass is 10.4. The van der Waals surface area contributed by atoms with Crippen molar-refractivity contribution in [3.8, 4) is 0 Å². The fraction of sp³-hybridized carbons (Fsp3) is 0.750. The van der Waals surface area contributed by atoms with Crippen LogP contribution >= 0.6 is 0 Å². The number of carbonyl (C=O) groups is 2. The molecule has 6 nitrogen and oxygen atoms in total. The zero-order chi connectivity index (χ0) is 11.0. The van der Waals surface area contributed by atoms with Gasteiger partial charge >= 0.3 is 11.9 Å². The molecular weight excluding hydrogens is 188 g/mol. The molecular formula is C8H16N2O4. The highest BCUT2D eigenvalue weighted by molar-refractivity contribution is 5.67. The van der Waals surface area contributed by atoms with Crippen LogP contribution in [0.15, 0.2) is 0 Å². The number of hydrogen-bond acceptors (Lipinski definition) is 4. The van der Waals surface area contributed by atoms with Crippen LogP contribution in [0, 0.1) is 0 Å². The van der Waals surface area contributed by atoms with E-state index in [0.717, 1.165) is 19.6 Å². The first-order chi connectivity index (χ1) is 6.56. The number of aliphatic carboxylic acids is 2. The number of carboxylic acids is 2. The molecule has 0 aromatic heterocycles. The van der Waals surface area contributed by atoms with E-state index < -0.39 is 11.9 Å². The van der Waals surface area contributed by atoms with Crippen molar-refractivity contribution in [3.05, 3.63) is 0 Å². The van der Waals surface area contributed by atoms with Gasteiger partial charge in [-0.3, -0.25) is 9.59 Å². The molecule has 0 aliphatic carbocycles. The van der Waals surface area contributed by atoms with Gasteiger partial charge in [0.15, 0.2) is 0 Å². The minimum Gasteiger partial charge on any atom is -0.481 e. The van der Waals surface area contributed by atoms with E-state index in [9.17, 15) is 9.59 Å². The van der Waals surface area contributed by atoms with Gasteiger partial charge in [0.25, 0.3) is 0 Å². The number of rotatable bonds is 5. The highest BCUT2D eigenvalue weighted by atomic mass is 16.4.